The second-order valence-corrected chi connectivity index (χ2v) is 15.7. The van der Waals surface area contributed by atoms with Gasteiger partial charge < -0.3 is 0 Å². The van der Waals surface area contributed by atoms with Crippen molar-refractivity contribution in [2.24, 2.45) is 0 Å². The summed E-state index contributed by atoms with van der Waals surface area (Å²) in [6.07, 6.45) is 0. The van der Waals surface area contributed by atoms with Crippen LogP contribution in [0.4, 0.5) is 0 Å². The van der Waals surface area contributed by atoms with Crippen LogP contribution in [0, 0.1) is 0 Å². The molecule has 0 atom stereocenters. The lowest BCUT2D eigenvalue weighted by molar-refractivity contribution is 0.788. The molecule has 0 unspecified atom stereocenters. The second kappa shape index (κ2) is 14.0. The summed E-state index contributed by atoms with van der Waals surface area (Å²) in [6, 6.07) is 77.1. The van der Waals surface area contributed by atoms with Crippen LogP contribution < -0.4 is 0 Å². The normalized spacial score (nSPS) is 12.7. The first-order valence-corrected chi connectivity index (χ1v) is 20.7. The van der Waals surface area contributed by atoms with Crippen LogP contribution in [0.2, 0.25) is 0 Å². The van der Waals surface area contributed by atoms with Crippen molar-refractivity contribution < 1.29 is 0 Å². The Labute approximate surface area is 354 Å². The number of rotatable bonds is 6. The van der Waals surface area contributed by atoms with E-state index >= 15 is 0 Å². The number of fused-ring (bicyclic) bond motifs is 10. The first kappa shape index (κ1) is 34.9. The molecule has 12 rings (SSSR count). The zero-order chi connectivity index (χ0) is 40.3. The standard InChI is InChI=1S/C57H36N4/c1-4-16-39(17-5-1)50-36-51(59-55(58-50)42-18-6-2-7-19-42)40-32-28-37(29-33-40)38-30-34-41(35-31-38)53-52-54(61-56(60-53)43-20-8-3-9-21-43)46-24-12-15-27-49(46)57(52)47-25-13-10-22-44(47)45-23-11-14-26-48(45)57/h1-36H. The van der Waals surface area contributed by atoms with Gasteiger partial charge in [0.25, 0.3) is 0 Å². The van der Waals surface area contributed by atoms with Crippen molar-refractivity contribution in [2.45, 2.75) is 5.41 Å². The minimum atomic E-state index is -0.570. The van der Waals surface area contributed by atoms with Crippen molar-refractivity contribution in [3.05, 3.63) is 241 Å². The van der Waals surface area contributed by atoms with E-state index in [9.17, 15) is 0 Å². The van der Waals surface area contributed by atoms with Crippen molar-refractivity contribution in [1.29, 1.82) is 0 Å². The van der Waals surface area contributed by atoms with Gasteiger partial charge >= 0.3 is 0 Å². The van der Waals surface area contributed by atoms with Crippen LogP contribution in [-0.4, -0.2) is 19.9 Å². The van der Waals surface area contributed by atoms with Crippen molar-refractivity contribution in [3.63, 3.8) is 0 Å². The summed E-state index contributed by atoms with van der Waals surface area (Å²) in [5.74, 6) is 1.42. The predicted octanol–water partition coefficient (Wildman–Crippen LogP) is 13.6. The molecule has 8 aromatic carbocycles. The number of aromatic nitrogens is 4. The Morgan fingerprint density at radius 2 is 0.623 bits per heavy atom. The monoisotopic (exact) mass is 776 g/mol. The number of benzene rings is 8. The number of hydrogen-bond acceptors (Lipinski definition) is 4. The summed E-state index contributed by atoms with van der Waals surface area (Å²) >= 11 is 0. The minimum absolute atomic E-state index is 0.570. The van der Waals surface area contributed by atoms with Gasteiger partial charge in [-0.25, -0.2) is 19.9 Å². The molecule has 0 bridgehead atoms. The van der Waals surface area contributed by atoms with E-state index in [-0.39, 0.29) is 0 Å². The largest absolute Gasteiger partial charge is 0.228 e. The lowest BCUT2D eigenvalue weighted by Crippen LogP contribution is -2.27. The van der Waals surface area contributed by atoms with E-state index in [0.717, 1.165) is 78.7 Å². The van der Waals surface area contributed by atoms with Gasteiger partial charge in [-0.15, -0.1) is 0 Å². The molecular formula is C57H36N4. The molecule has 0 saturated heterocycles. The summed E-state index contributed by atoms with van der Waals surface area (Å²) < 4.78 is 0. The van der Waals surface area contributed by atoms with Gasteiger partial charge in [0.1, 0.15) is 0 Å². The Kier molecular flexibility index (Phi) is 8.04. The van der Waals surface area contributed by atoms with Crippen molar-refractivity contribution in [3.8, 4) is 90.1 Å². The maximum atomic E-state index is 5.52. The average molecular weight is 777 g/mol. The lowest BCUT2D eigenvalue weighted by atomic mass is 9.69. The summed E-state index contributed by atoms with van der Waals surface area (Å²) in [5.41, 5.74) is 19.1. The van der Waals surface area contributed by atoms with Crippen LogP contribution in [0.5, 0.6) is 0 Å². The molecule has 2 aliphatic carbocycles. The quantitative estimate of drug-likeness (QED) is 0.169. The van der Waals surface area contributed by atoms with Gasteiger partial charge in [0.2, 0.25) is 0 Å². The molecule has 1 spiro atoms. The third-order valence-electron chi connectivity index (χ3n) is 12.4. The number of nitrogens with zero attached hydrogens (tertiary/aromatic N) is 4. The van der Waals surface area contributed by atoms with Gasteiger partial charge in [0.05, 0.1) is 28.2 Å². The van der Waals surface area contributed by atoms with E-state index in [4.69, 9.17) is 19.9 Å². The van der Waals surface area contributed by atoms with Gasteiger partial charge in [0, 0.05) is 38.9 Å². The molecule has 284 valence electrons. The van der Waals surface area contributed by atoms with E-state index in [2.05, 4.69) is 176 Å². The third kappa shape index (κ3) is 5.53. The van der Waals surface area contributed by atoms with Gasteiger partial charge in [-0.05, 0) is 45.0 Å². The van der Waals surface area contributed by atoms with Crippen molar-refractivity contribution >= 4 is 0 Å². The smallest absolute Gasteiger partial charge is 0.160 e. The Morgan fingerprint density at radius 1 is 0.262 bits per heavy atom. The van der Waals surface area contributed by atoms with E-state index in [1.807, 2.05) is 42.5 Å². The molecule has 0 radical (unpaired) electrons. The van der Waals surface area contributed by atoms with Crippen LogP contribution >= 0.6 is 0 Å². The van der Waals surface area contributed by atoms with Crippen molar-refractivity contribution in [2.75, 3.05) is 0 Å². The molecule has 0 fully saturated rings. The highest BCUT2D eigenvalue weighted by molar-refractivity contribution is 5.97. The highest BCUT2D eigenvalue weighted by Crippen LogP contribution is 2.64. The first-order valence-electron chi connectivity index (χ1n) is 20.7. The molecule has 0 N–H and O–H groups in total. The molecule has 0 aliphatic heterocycles. The van der Waals surface area contributed by atoms with Crippen molar-refractivity contribution in [1.82, 2.24) is 19.9 Å². The summed E-state index contributed by atoms with van der Waals surface area (Å²) in [4.78, 5) is 21.0. The maximum Gasteiger partial charge on any atom is 0.160 e. The molecular weight excluding hydrogens is 741 g/mol. The highest BCUT2D eigenvalue weighted by Gasteiger charge is 2.54. The molecule has 0 amide bonds. The molecule has 2 aliphatic rings. The summed E-state index contributed by atoms with van der Waals surface area (Å²) in [6.45, 7) is 0. The minimum Gasteiger partial charge on any atom is -0.228 e. The van der Waals surface area contributed by atoms with E-state index in [1.165, 1.54) is 27.8 Å². The zero-order valence-corrected chi connectivity index (χ0v) is 33.1. The van der Waals surface area contributed by atoms with E-state index < -0.39 is 5.41 Å². The first-order chi connectivity index (χ1) is 30.2. The van der Waals surface area contributed by atoms with Crippen LogP contribution in [0.25, 0.3) is 90.1 Å². The Bertz CT molecular complexity index is 3170. The molecule has 10 aromatic rings. The van der Waals surface area contributed by atoms with Gasteiger partial charge in [0.15, 0.2) is 11.6 Å². The van der Waals surface area contributed by atoms with Gasteiger partial charge in [-0.1, -0.05) is 212 Å². The molecule has 2 aromatic heterocycles. The number of hydrogen-bond donors (Lipinski definition) is 0. The molecule has 2 heterocycles. The third-order valence-corrected chi connectivity index (χ3v) is 12.4. The fraction of sp³-hybridized carbons (Fsp3) is 0.0175. The Balaban J connectivity index is 0.983. The topological polar surface area (TPSA) is 51.6 Å². The van der Waals surface area contributed by atoms with E-state index in [0.29, 0.717) is 5.82 Å². The average Bonchev–Trinajstić information content (AvgIpc) is 3.82. The molecule has 61 heavy (non-hydrogen) atoms. The van der Waals surface area contributed by atoms with Crippen LogP contribution in [0.1, 0.15) is 22.3 Å². The van der Waals surface area contributed by atoms with E-state index in [1.54, 1.807) is 0 Å². The molecule has 4 nitrogen and oxygen atoms in total. The van der Waals surface area contributed by atoms with Crippen LogP contribution in [-0.2, 0) is 5.41 Å². The van der Waals surface area contributed by atoms with Gasteiger partial charge in [-0.3, -0.25) is 0 Å². The molecule has 0 saturated carbocycles. The zero-order valence-electron chi connectivity index (χ0n) is 33.1. The van der Waals surface area contributed by atoms with Crippen LogP contribution in [0.15, 0.2) is 218 Å². The fourth-order valence-corrected chi connectivity index (χ4v) is 9.60. The summed E-state index contributed by atoms with van der Waals surface area (Å²) in [5, 5.41) is 0. The second-order valence-electron chi connectivity index (χ2n) is 15.7. The van der Waals surface area contributed by atoms with Crippen LogP contribution in [0.3, 0.4) is 0 Å². The Morgan fingerprint density at radius 3 is 1.15 bits per heavy atom. The summed E-state index contributed by atoms with van der Waals surface area (Å²) in [7, 11) is 0. The Hall–Kier alpha value is -8.08. The predicted molar refractivity (Wildman–Crippen MR) is 247 cm³/mol. The molecule has 4 heteroatoms. The maximum absolute atomic E-state index is 5.52. The SMILES string of the molecule is c1ccc(-c2cc(-c3ccc(-c4ccc(-c5nc(-c6ccccc6)nc6c5C5(c7ccccc7-c7ccccc75)c5ccccc5-6)cc4)cc3)nc(-c3ccccc3)n2)cc1. The fourth-order valence-electron chi connectivity index (χ4n) is 9.60. The van der Waals surface area contributed by atoms with Gasteiger partial charge in [-0.2, -0.15) is 0 Å². The highest BCUT2D eigenvalue weighted by atomic mass is 14.9. The lowest BCUT2D eigenvalue weighted by Gasteiger charge is -2.31.